The zero-order chi connectivity index (χ0) is 14.7. The number of amides is 1. The lowest BCUT2D eigenvalue weighted by molar-refractivity contribution is -0.384. The van der Waals surface area contributed by atoms with Crippen LogP contribution in [-0.4, -0.2) is 10.8 Å². The van der Waals surface area contributed by atoms with Crippen molar-refractivity contribution in [2.45, 2.75) is 0 Å². The number of para-hydroxylation sites is 1. The molecule has 6 nitrogen and oxygen atoms in total. The van der Waals surface area contributed by atoms with E-state index in [1.54, 1.807) is 18.2 Å². The number of hydrogen-bond acceptors (Lipinski definition) is 4. The lowest BCUT2D eigenvalue weighted by atomic mass is 10.1. The summed E-state index contributed by atoms with van der Waals surface area (Å²) in [4.78, 5) is 22.0. The predicted octanol–water partition coefficient (Wildman–Crippen LogP) is 3.08. The number of non-ortho nitro benzene ring substituents is 1. The standard InChI is InChI=1S/C13H10ClN3O3/c14-11-3-1-2-10(12(11)15)13(18)16-8-4-6-9(7-5-8)17(19)20/h1-7H,15H2,(H,16,18). The fraction of sp³-hybridized carbons (Fsp3) is 0. The highest BCUT2D eigenvalue weighted by molar-refractivity contribution is 6.34. The topological polar surface area (TPSA) is 98.3 Å². The van der Waals surface area contributed by atoms with Crippen LogP contribution in [0, 0.1) is 10.1 Å². The summed E-state index contributed by atoms with van der Waals surface area (Å²) in [7, 11) is 0. The minimum Gasteiger partial charge on any atom is -0.397 e. The highest BCUT2D eigenvalue weighted by atomic mass is 35.5. The van der Waals surface area contributed by atoms with Gasteiger partial charge in [0.1, 0.15) is 0 Å². The Morgan fingerprint density at radius 1 is 1.20 bits per heavy atom. The second-order valence-electron chi connectivity index (χ2n) is 3.96. The molecule has 0 fully saturated rings. The minimum absolute atomic E-state index is 0.0507. The van der Waals surface area contributed by atoms with Gasteiger partial charge >= 0.3 is 0 Å². The SMILES string of the molecule is Nc1c(Cl)cccc1C(=O)Nc1ccc([N+](=O)[O-])cc1. The maximum absolute atomic E-state index is 12.0. The van der Waals surface area contributed by atoms with E-state index in [4.69, 9.17) is 17.3 Å². The minimum atomic E-state index is -0.513. The van der Waals surface area contributed by atoms with Gasteiger partial charge in [-0.15, -0.1) is 0 Å². The summed E-state index contributed by atoms with van der Waals surface area (Å²) in [6.07, 6.45) is 0. The Bertz CT molecular complexity index is 671. The average Bonchev–Trinajstić information content (AvgIpc) is 2.42. The lowest BCUT2D eigenvalue weighted by Gasteiger charge is -2.08. The number of benzene rings is 2. The summed E-state index contributed by atoms with van der Waals surface area (Å²) < 4.78 is 0. The average molecular weight is 292 g/mol. The van der Waals surface area contributed by atoms with E-state index < -0.39 is 10.8 Å². The maximum Gasteiger partial charge on any atom is 0.269 e. The molecule has 0 spiro atoms. The normalized spacial score (nSPS) is 10.1. The molecule has 7 heteroatoms. The van der Waals surface area contributed by atoms with Crippen molar-refractivity contribution in [1.82, 2.24) is 0 Å². The molecule has 1 amide bonds. The van der Waals surface area contributed by atoms with Gasteiger partial charge in [0, 0.05) is 17.8 Å². The van der Waals surface area contributed by atoms with Gasteiger partial charge in [-0.1, -0.05) is 17.7 Å². The number of rotatable bonds is 3. The molecule has 20 heavy (non-hydrogen) atoms. The number of nitrogens with zero attached hydrogens (tertiary/aromatic N) is 1. The van der Waals surface area contributed by atoms with Gasteiger partial charge in [-0.3, -0.25) is 14.9 Å². The van der Waals surface area contributed by atoms with Crippen LogP contribution < -0.4 is 11.1 Å². The summed E-state index contributed by atoms with van der Waals surface area (Å²) in [5.74, 6) is -0.432. The molecule has 0 bridgehead atoms. The zero-order valence-electron chi connectivity index (χ0n) is 10.2. The number of nitro benzene ring substituents is 1. The molecule has 2 aromatic rings. The number of anilines is 2. The van der Waals surface area contributed by atoms with Crippen molar-refractivity contribution in [2.75, 3.05) is 11.1 Å². The molecule has 0 radical (unpaired) electrons. The van der Waals surface area contributed by atoms with E-state index >= 15 is 0 Å². The first kappa shape index (κ1) is 13.8. The van der Waals surface area contributed by atoms with Gasteiger partial charge in [0.2, 0.25) is 0 Å². The van der Waals surface area contributed by atoms with Crippen LogP contribution in [0.5, 0.6) is 0 Å². The van der Waals surface area contributed by atoms with E-state index in [0.717, 1.165) is 0 Å². The summed E-state index contributed by atoms with van der Waals surface area (Å²) in [6, 6.07) is 10.2. The first-order valence-electron chi connectivity index (χ1n) is 5.59. The van der Waals surface area contributed by atoms with E-state index in [-0.39, 0.29) is 16.9 Å². The van der Waals surface area contributed by atoms with Crippen LogP contribution >= 0.6 is 11.6 Å². The molecule has 2 rings (SSSR count). The second-order valence-corrected chi connectivity index (χ2v) is 4.37. The first-order valence-corrected chi connectivity index (χ1v) is 5.96. The fourth-order valence-electron chi connectivity index (χ4n) is 1.60. The highest BCUT2D eigenvalue weighted by Crippen LogP contribution is 2.23. The quantitative estimate of drug-likeness (QED) is 0.516. The van der Waals surface area contributed by atoms with Gasteiger partial charge < -0.3 is 11.1 Å². The van der Waals surface area contributed by atoms with Crippen molar-refractivity contribution in [3.8, 4) is 0 Å². The number of nitrogens with two attached hydrogens (primary N) is 1. The van der Waals surface area contributed by atoms with Gasteiger partial charge in [0.25, 0.3) is 11.6 Å². The number of nitrogen functional groups attached to an aromatic ring is 1. The Morgan fingerprint density at radius 2 is 1.85 bits per heavy atom. The van der Waals surface area contributed by atoms with Gasteiger partial charge in [-0.2, -0.15) is 0 Å². The van der Waals surface area contributed by atoms with Crippen molar-refractivity contribution in [3.63, 3.8) is 0 Å². The summed E-state index contributed by atoms with van der Waals surface area (Å²) >= 11 is 5.84. The molecule has 0 atom stereocenters. The van der Waals surface area contributed by atoms with Gasteiger partial charge in [0.15, 0.2) is 0 Å². The van der Waals surface area contributed by atoms with Crippen LogP contribution in [0.3, 0.4) is 0 Å². The van der Waals surface area contributed by atoms with Crippen molar-refractivity contribution in [2.24, 2.45) is 0 Å². The largest absolute Gasteiger partial charge is 0.397 e. The second kappa shape index (κ2) is 5.58. The molecule has 0 saturated carbocycles. The van der Waals surface area contributed by atoms with E-state index in [9.17, 15) is 14.9 Å². The molecule has 0 aromatic heterocycles. The number of carbonyl (C=O) groups is 1. The summed E-state index contributed by atoms with van der Waals surface area (Å²) in [6.45, 7) is 0. The molecule has 0 saturated heterocycles. The third-order valence-corrected chi connectivity index (χ3v) is 2.96. The number of carbonyl (C=O) groups excluding carboxylic acids is 1. The molecular formula is C13H10ClN3O3. The third-order valence-electron chi connectivity index (χ3n) is 2.63. The maximum atomic E-state index is 12.0. The summed E-state index contributed by atoms with van der Waals surface area (Å²) in [5, 5.41) is 13.4. The molecule has 0 unspecified atom stereocenters. The smallest absolute Gasteiger partial charge is 0.269 e. The molecule has 3 N–H and O–H groups in total. The fourth-order valence-corrected chi connectivity index (χ4v) is 1.77. The number of nitro groups is 1. The number of nitrogens with one attached hydrogen (secondary N) is 1. The van der Waals surface area contributed by atoms with Crippen LogP contribution in [0.25, 0.3) is 0 Å². The van der Waals surface area contributed by atoms with E-state index in [0.29, 0.717) is 10.7 Å². The Hall–Kier alpha value is -2.60. The molecule has 2 aromatic carbocycles. The van der Waals surface area contributed by atoms with Crippen molar-refractivity contribution < 1.29 is 9.72 Å². The van der Waals surface area contributed by atoms with E-state index in [1.807, 2.05) is 0 Å². The van der Waals surface area contributed by atoms with Gasteiger partial charge in [0.05, 0.1) is 21.2 Å². The summed E-state index contributed by atoms with van der Waals surface area (Å²) in [5.41, 5.74) is 6.53. The number of halogens is 1. The van der Waals surface area contributed by atoms with Crippen molar-refractivity contribution >= 4 is 34.6 Å². The van der Waals surface area contributed by atoms with Crippen LogP contribution in [0.1, 0.15) is 10.4 Å². The Labute approximate surface area is 119 Å². The van der Waals surface area contributed by atoms with Crippen LogP contribution in [0.15, 0.2) is 42.5 Å². The highest BCUT2D eigenvalue weighted by Gasteiger charge is 2.12. The van der Waals surface area contributed by atoms with E-state index in [1.165, 1.54) is 24.3 Å². The Kier molecular flexibility index (Phi) is 3.86. The Balaban J connectivity index is 2.19. The van der Waals surface area contributed by atoms with E-state index in [2.05, 4.69) is 5.32 Å². The first-order chi connectivity index (χ1) is 9.49. The van der Waals surface area contributed by atoms with Gasteiger partial charge in [-0.25, -0.2) is 0 Å². The number of hydrogen-bond donors (Lipinski definition) is 2. The Morgan fingerprint density at radius 3 is 2.45 bits per heavy atom. The molecule has 0 aliphatic heterocycles. The molecular weight excluding hydrogens is 282 g/mol. The van der Waals surface area contributed by atoms with Crippen molar-refractivity contribution in [1.29, 1.82) is 0 Å². The van der Waals surface area contributed by atoms with Crippen molar-refractivity contribution in [3.05, 3.63) is 63.2 Å². The van der Waals surface area contributed by atoms with Crippen LogP contribution in [-0.2, 0) is 0 Å². The monoisotopic (exact) mass is 291 g/mol. The zero-order valence-corrected chi connectivity index (χ0v) is 10.9. The third kappa shape index (κ3) is 2.86. The van der Waals surface area contributed by atoms with Crippen LogP contribution in [0.4, 0.5) is 17.1 Å². The van der Waals surface area contributed by atoms with Gasteiger partial charge in [-0.05, 0) is 24.3 Å². The molecule has 0 aliphatic carbocycles. The lowest BCUT2D eigenvalue weighted by Crippen LogP contribution is -2.14. The van der Waals surface area contributed by atoms with Crippen LogP contribution in [0.2, 0.25) is 5.02 Å². The molecule has 102 valence electrons. The predicted molar refractivity (Wildman–Crippen MR) is 76.9 cm³/mol. The molecule has 0 heterocycles. The molecule has 0 aliphatic rings.